The Morgan fingerprint density at radius 1 is 1.41 bits per heavy atom. The number of phenolic OH excluding ortho intramolecular Hbond substituents is 1. The second-order valence-electron chi connectivity index (χ2n) is 4.50. The van der Waals surface area contributed by atoms with E-state index in [1.165, 1.54) is 23.5 Å². The van der Waals surface area contributed by atoms with Gasteiger partial charge in [0.2, 0.25) is 0 Å². The largest absolute Gasteiger partial charge is 0.508 e. The van der Waals surface area contributed by atoms with Crippen LogP contribution in [0.3, 0.4) is 0 Å². The van der Waals surface area contributed by atoms with Gasteiger partial charge in [0.1, 0.15) is 5.75 Å². The molecule has 0 spiro atoms. The fourth-order valence-corrected chi connectivity index (χ4v) is 4.89. The van der Waals surface area contributed by atoms with Gasteiger partial charge in [0.05, 0.1) is 4.58 Å². The van der Waals surface area contributed by atoms with Crippen LogP contribution in [0.2, 0.25) is 0 Å². The fraction of sp³-hybridized carbons (Fsp3) is 0.538. The highest BCUT2D eigenvalue weighted by molar-refractivity contribution is 8.16. The highest BCUT2D eigenvalue weighted by atomic mass is 32.2. The Kier molecular flexibility index (Phi) is 4.65. The van der Waals surface area contributed by atoms with Gasteiger partial charge in [0, 0.05) is 11.6 Å². The minimum absolute atomic E-state index is 0.166. The average molecular weight is 269 g/mol. The maximum atomic E-state index is 9.96. The first-order valence-electron chi connectivity index (χ1n) is 5.97. The maximum Gasteiger partial charge on any atom is 0.120 e. The quantitative estimate of drug-likeness (QED) is 0.885. The van der Waals surface area contributed by atoms with Crippen LogP contribution in [0.5, 0.6) is 5.75 Å². The second-order valence-corrected chi connectivity index (χ2v) is 7.23. The first kappa shape index (κ1) is 13.1. The second kappa shape index (κ2) is 6.03. The molecule has 0 radical (unpaired) electrons. The topological polar surface area (TPSA) is 46.2 Å². The Morgan fingerprint density at radius 3 is 2.76 bits per heavy atom. The van der Waals surface area contributed by atoms with Gasteiger partial charge in [-0.25, -0.2) is 0 Å². The molecule has 0 aliphatic carbocycles. The third-order valence-electron chi connectivity index (χ3n) is 2.73. The van der Waals surface area contributed by atoms with Crippen molar-refractivity contribution in [3.05, 3.63) is 29.3 Å². The van der Waals surface area contributed by atoms with Crippen LogP contribution >= 0.6 is 23.5 Å². The van der Waals surface area contributed by atoms with Gasteiger partial charge in [-0.15, -0.1) is 23.5 Å². The van der Waals surface area contributed by atoms with Gasteiger partial charge < -0.3 is 10.8 Å². The van der Waals surface area contributed by atoms with E-state index in [1.54, 1.807) is 0 Å². The highest BCUT2D eigenvalue weighted by Crippen LogP contribution is 2.46. The van der Waals surface area contributed by atoms with Gasteiger partial charge in [-0.3, -0.25) is 0 Å². The van der Waals surface area contributed by atoms with Gasteiger partial charge in [-0.05, 0) is 42.9 Å². The number of hydrogen-bond acceptors (Lipinski definition) is 4. The molecule has 1 heterocycles. The van der Waals surface area contributed by atoms with Crippen LogP contribution in [-0.4, -0.2) is 22.7 Å². The Labute approximate surface area is 111 Å². The van der Waals surface area contributed by atoms with Crippen LogP contribution in [0.4, 0.5) is 0 Å². The molecular formula is C13H19NOS2. The zero-order valence-corrected chi connectivity index (χ0v) is 11.7. The fourth-order valence-electron chi connectivity index (χ4n) is 1.96. The van der Waals surface area contributed by atoms with Gasteiger partial charge in [0.15, 0.2) is 0 Å². The predicted octanol–water partition coefficient (Wildman–Crippen LogP) is 3.15. The molecule has 1 aromatic carbocycles. The molecule has 17 heavy (non-hydrogen) atoms. The number of benzene rings is 1. The summed E-state index contributed by atoms with van der Waals surface area (Å²) in [6.07, 6.45) is 2.14. The van der Waals surface area contributed by atoms with Crippen molar-refractivity contribution in [1.29, 1.82) is 0 Å². The predicted molar refractivity (Wildman–Crippen MR) is 77.7 cm³/mol. The van der Waals surface area contributed by atoms with E-state index < -0.39 is 0 Å². The molecule has 1 fully saturated rings. The molecule has 0 aromatic heterocycles. The number of thioether (sulfide) groups is 2. The molecule has 3 N–H and O–H groups in total. The molecule has 2 rings (SSSR count). The molecule has 1 aromatic rings. The van der Waals surface area contributed by atoms with Crippen LogP contribution in [0.25, 0.3) is 0 Å². The third kappa shape index (κ3) is 3.57. The summed E-state index contributed by atoms with van der Waals surface area (Å²) in [7, 11) is 0. The zero-order chi connectivity index (χ0) is 12.3. The molecule has 0 amide bonds. The van der Waals surface area contributed by atoms with Crippen molar-refractivity contribution in [3.8, 4) is 5.75 Å². The zero-order valence-electron chi connectivity index (χ0n) is 10.1. The van der Waals surface area contributed by atoms with E-state index in [9.17, 15) is 5.11 Å². The number of nitrogens with two attached hydrogens (primary N) is 1. The number of phenols is 1. The summed E-state index contributed by atoms with van der Waals surface area (Å²) < 4.78 is 0.386. The Balaban J connectivity index is 2.19. The molecular weight excluding hydrogens is 250 g/mol. The van der Waals surface area contributed by atoms with Gasteiger partial charge in [0.25, 0.3) is 0 Å². The first-order valence-corrected chi connectivity index (χ1v) is 8.07. The molecule has 0 bridgehead atoms. The Hall–Kier alpha value is -0.320. The van der Waals surface area contributed by atoms with E-state index in [0.717, 1.165) is 12.0 Å². The summed E-state index contributed by atoms with van der Waals surface area (Å²) >= 11 is 3.86. The average Bonchev–Trinajstić information content (AvgIpc) is 2.32. The number of rotatable bonds is 3. The smallest absolute Gasteiger partial charge is 0.120 e. The lowest BCUT2D eigenvalue weighted by atomic mass is 10.0. The maximum absolute atomic E-state index is 9.96. The van der Waals surface area contributed by atoms with Crippen LogP contribution in [-0.2, 0) is 6.42 Å². The summed E-state index contributed by atoms with van der Waals surface area (Å²) in [5.41, 5.74) is 8.11. The lowest BCUT2D eigenvalue weighted by Gasteiger charge is -2.22. The normalized spacial score (nSPS) is 19.2. The molecule has 1 saturated heterocycles. The van der Waals surface area contributed by atoms with E-state index in [2.05, 4.69) is 6.07 Å². The monoisotopic (exact) mass is 269 g/mol. The van der Waals surface area contributed by atoms with Crippen molar-refractivity contribution < 1.29 is 5.11 Å². The molecule has 2 nitrogen and oxygen atoms in total. The van der Waals surface area contributed by atoms with Crippen molar-refractivity contribution in [2.75, 3.05) is 11.5 Å². The summed E-state index contributed by atoms with van der Waals surface area (Å²) in [4.78, 5) is 0. The van der Waals surface area contributed by atoms with Crippen LogP contribution < -0.4 is 5.73 Å². The molecule has 94 valence electrons. The summed E-state index contributed by atoms with van der Waals surface area (Å²) in [6, 6.07) is 6.07. The van der Waals surface area contributed by atoms with Crippen molar-refractivity contribution in [2.24, 2.45) is 5.73 Å². The SMILES string of the molecule is C[C@@H](N)Cc1ccc(O)c(C2SCCCS2)c1. The first-order chi connectivity index (χ1) is 8.16. The van der Waals surface area contributed by atoms with Crippen LogP contribution in [0.1, 0.15) is 29.1 Å². The van der Waals surface area contributed by atoms with Gasteiger partial charge in [-0.1, -0.05) is 12.1 Å². The Bertz CT molecular complexity index is 376. The van der Waals surface area contributed by atoms with E-state index >= 15 is 0 Å². The molecule has 0 saturated carbocycles. The lowest BCUT2D eigenvalue weighted by Crippen LogP contribution is -2.17. The van der Waals surface area contributed by atoms with Crippen molar-refractivity contribution >= 4 is 23.5 Å². The molecule has 4 heteroatoms. The number of hydrogen-bond donors (Lipinski definition) is 2. The van der Waals surface area contributed by atoms with E-state index in [4.69, 9.17) is 5.73 Å². The van der Waals surface area contributed by atoms with Crippen molar-refractivity contribution in [2.45, 2.75) is 30.4 Å². The summed E-state index contributed by atoms with van der Waals surface area (Å²) in [6.45, 7) is 2.01. The van der Waals surface area contributed by atoms with E-state index in [-0.39, 0.29) is 6.04 Å². The number of aromatic hydroxyl groups is 1. The van der Waals surface area contributed by atoms with E-state index in [0.29, 0.717) is 10.3 Å². The van der Waals surface area contributed by atoms with Crippen molar-refractivity contribution in [3.63, 3.8) is 0 Å². The van der Waals surface area contributed by atoms with Crippen LogP contribution in [0, 0.1) is 0 Å². The molecule has 0 unspecified atom stereocenters. The standard InChI is InChI=1S/C13H19NOS2/c1-9(14)7-10-3-4-12(15)11(8-10)13-16-5-2-6-17-13/h3-4,8-9,13,15H,2,5-7,14H2,1H3/t9-/m1/s1. The highest BCUT2D eigenvalue weighted by Gasteiger charge is 2.20. The summed E-state index contributed by atoms with van der Waals surface area (Å²) in [5, 5.41) is 9.96. The Morgan fingerprint density at radius 2 is 2.12 bits per heavy atom. The van der Waals surface area contributed by atoms with Gasteiger partial charge >= 0.3 is 0 Å². The van der Waals surface area contributed by atoms with Crippen molar-refractivity contribution in [1.82, 2.24) is 0 Å². The van der Waals surface area contributed by atoms with Crippen LogP contribution in [0.15, 0.2) is 18.2 Å². The molecule has 1 aliphatic rings. The summed E-state index contributed by atoms with van der Waals surface area (Å²) in [5.74, 6) is 2.80. The minimum Gasteiger partial charge on any atom is -0.508 e. The molecule has 1 aliphatic heterocycles. The molecule has 1 atom stereocenters. The third-order valence-corrected chi connectivity index (χ3v) is 5.71. The van der Waals surface area contributed by atoms with E-state index in [1.807, 2.05) is 42.6 Å². The lowest BCUT2D eigenvalue weighted by molar-refractivity contribution is 0.470. The minimum atomic E-state index is 0.166. The van der Waals surface area contributed by atoms with Gasteiger partial charge in [-0.2, -0.15) is 0 Å².